The van der Waals surface area contributed by atoms with Crippen molar-refractivity contribution in [1.29, 1.82) is 0 Å². The molecule has 1 N–H and O–H groups in total. The summed E-state index contributed by atoms with van der Waals surface area (Å²) in [5.74, 6) is 1.00. The van der Waals surface area contributed by atoms with E-state index in [-0.39, 0.29) is 9.79 Å². The van der Waals surface area contributed by atoms with Crippen molar-refractivity contribution >= 4 is 32.1 Å². The Labute approximate surface area is 187 Å². The number of methoxy groups -OCH3 is 2. The number of rotatable bonds is 6. The predicted molar refractivity (Wildman–Crippen MR) is 126 cm³/mol. The van der Waals surface area contributed by atoms with Crippen LogP contribution < -0.4 is 14.8 Å². The average Bonchev–Trinajstić information content (AvgIpc) is 2.81. The highest BCUT2D eigenvalue weighted by Crippen LogP contribution is 2.40. The van der Waals surface area contributed by atoms with Crippen LogP contribution in [0.3, 0.4) is 0 Å². The molecule has 7 heteroatoms. The molecule has 3 aromatic carbocycles. The standard InChI is InChI=1S/C25H24N2O4S/c1-16-10-11-18(12-17(16)2)27-25-20-13-22(30-3)23(31-4)14-21(20)26-15-24(25)32(28,29)19-8-6-5-7-9-19/h5-15H,1-4H3,(H,26,27). The maximum absolute atomic E-state index is 13.6. The lowest BCUT2D eigenvalue weighted by atomic mass is 10.1. The van der Waals surface area contributed by atoms with Gasteiger partial charge in [0.05, 0.1) is 30.3 Å². The number of anilines is 2. The summed E-state index contributed by atoms with van der Waals surface area (Å²) in [6.07, 6.45) is 1.39. The number of aryl methyl sites for hydroxylation is 2. The van der Waals surface area contributed by atoms with E-state index in [1.165, 1.54) is 13.3 Å². The number of nitrogens with zero attached hydrogens (tertiary/aromatic N) is 1. The third kappa shape index (κ3) is 3.87. The van der Waals surface area contributed by atoms with Gasteiger partial charge in [-0.3, -0.25) is 4.98 Å². The molecule has 0 fully saturated rings. The molecule has 1 aromatic heterocycles. The Morgan fingerprint density at radius 1 is 0.844 bits per heavy atom. The first-order valence-electron chi connectivity index (χ1n) is 10.0. The third-order valence-corrected chi connectivity index (χ3v) is 7.24. The Balaban J connectivity index is 2.00. The molecule has 0 bridgehead atoms. The first-order valence-corrected chi connectivity index (χ1v) is 11.5. The number of pyridine rings is 1. The lowest BCUT2D eigenvalue weighted by Gasteiger charge is -2.17. The van der Waals surface area contributed by atoms with Crippen LogP contribution in [-0.2, 0) is 9.84 Å². The molecule has 4 rings (SSSR count). The highest BCUT2D eigenvalue weighted by molar-refractivity contribution is 7.91. The van der Waals surface area contributed by atoms with Crippen molar-refractivity contribution in [3.8, 4) is 11.5 Å². The summed E-state index contributed by atoms with van der Waals surface area (Å²) in [5.41, 5.74) is 4.04. The molecule has 0 aliphatic heterocycles. The quantitative estimate of drug-likeness (QED) is 0.423. The maximum Gasteiger partial charge on any atom is 0.210 e. The summed E-state index contributed by atoms with van der Waals surface area (Å²) in [6.45, 7) is 4.05. The minimum Gasteiger partial charge on any atom is -0.493 e. The maximum atomic E-state index is 13.6. The Bertz CT molecular complexity index is 1400. The van der Waals surface area contributed by atoms with Crippen LogP contribution >= 0.6 is 0 Å². The zero-order valence-corrected chi connectivity index (χ0v) is 19.2. The summed E-state index contributed by atoms with van der Waals surface area (Å²) in [4.78, 5) is 4.72. The van der Waals surface area contributed by atoms with E-state index < -0.39 is 9.84 Å². The normalized spacial score (nSPS) is 11.4. The molecule has 0 saturated heterocycles. The smallest absolute Gasteiger partial charge is 0.210 e. The van der Waals surface area contributed by atoms with Crippen molar-refractivity contribution in [2.24, 2.45) is 0 Å². The van der Waals surface area contributed by atoms with E-state index in [9.17, 15) is 8.42 Å². The Hall–Kier alpha value is -3.58. The molecule has 0 atom stereocenters. The molecule has 4 aromatic rings. The van der Waals surface area contributed by atoms with Gasteiger partial charge in [-0.1, -0.05) is 24.3 Å². The highest BCUT2D eigenvalue weighted by Gasteiger charge is 2.25. The average molecular weight is 449 g/mol. The Morgan fingerprint density at radius 3 is 2.19 bits per heavy atom. The van der Waals surface area contributed by atoms with Gasteiger partial charge in [-0.2, -0.15) is 0 Å². The minimum atomic E-state index is -3.83. The third-order valence-electron chi connectivity index (χ3n) is 5.46. The second-order valence-electron chi connectivity index (χ2n) is 7.46. The number of hydrogen-bond acceptors (Lipinski definition) is 6. The van der Waals surface area contributed by atoms with Gasteiger partial charge in [-0.15, -0.1) is 0 Å². The number of aromatic nitrogens is 1. The molecule has 164 valence electrons. The van der Waals surface area contributed by atoms with E-state index >= 15 is 0 Å². The number of nitrogens with one attached hydrogen (secondary N) is 1. The first kappa shape index (κ1) is 21.6. The minimum absolute atomic E-state index is 0.0849. The van der Waals surface area contributed by atoms with Crippen LogP contribution in [0.4, 0.5) is 11.4 Å². The largest absolute Gasteiger partial charge is 0.493 e. The van der Waals surface area contributed by atoms with Gasteiger partial charge in [-0.25, -0.2) is 8.42 Å². The molecule has 0 radical (unpaired) electrons. The van der Waals surface area contributed by atoms with E-state index in [0.717, 1.165) is 16.8 Å². The fourth-order valence-corrected chi connectivity index (χ4v) is 4.91. The fourth-order valence-electron chi connectivity index (χ4n) is 3.52. The van der Waals surface area contributed by atoms with Gasteiger partial charge in [0.2, 0.25) is 9.84 Å². The number of sulfone groups is 1. The number of benzene rings is 3. The molecule has 0 aliphatic rings. The topological polar surface area (TPSA) is 77.5 Å². The van der Waals surface area contributed by atoms with Gasteiger partial charge >= 0.3 is 0 Å². The summed E-state index contributed by atoms with van der Waals surface area (Å²) < 4.78 is 38.0. The monoisotopic (exact) mass is 448 g/mol. The van der Waals surface area contributed by atoms with Gasteiger partial charge in [0.15, 0.2) is 11.5 Å². The second kappa shape index (κ2) is 8.51. The number of hydrogen-bond donors (Lipinski definition) is 1. The Morgan fingerprint density at radius 2 is 1.53 bits per heavy atom. The van der Waals surface area contributed by atoms with Crippen LogP contribution in [0.15, 0.2) is 76.7 Å². The fraction of sp³-hybridized carbons (Fsp3) is 0.160. The van der Waals surface area contributed by atoms with Crippen molar-refractivity contribution < 1.29 is 17.9 Å². The SMILES string of the molecule is COc1cc2ncc(S(=O)(=O)c3ccccc3)c(Nc3ccc(C)c(C)c3)c2cc1OC. The molecule has 6 nitrogen and oxygen atoms in total. The molecule has 32 heavy (non-hydrogen) atoms. The number of fused-ring (bicyclic) bond motifs is 1. The molecule has 0 amide bonds. The highest BCUT2D eigenvalue weighted by atomic mass is 32.2. The Kier molecular flexibility index (Phi) is 5.76. The second-order valence-corrected chi connectivity index (χ2v) is 9.38. The van der Waals surface area contributed by atoms with Crippen LogP contribution in [0.1, 0.15) is 11.1 Å². The lowest BCUT2D eigenvalue weighted by Crippen LogP contribution is -2.07. The molecule has 0 saturated carbocycles. The van der Waals surface area contributed by atoms with Crippen LogP contribution in [0.25, 0.3) is 10.9 Å². The molecule has 0 aliphatic carbocycles. The molecular formula is C25H24N2O4S. The van der Waals surface area contributed by atoms with E-state index in [2.05, 4.69) is 10.3 Å². The van der Waals surface area contributed by atoms with Crippen molar-refractivity contribution in [1.82, 2.24) is 4.98 Å². The summed E-state index contributed by atoms with van der Waals surface area (Å²) in [6, 6.07) is 17.7. The summed E-state index contributed by atoms with van der Waals surface area (Å²) >= 11 is 0. The van der Waals surface area contributed by atoms with E-state index in [4.69, 9.17) is 9.47 Å². The zero-order chi connectivity index (χ0) is 22.9. The van der Waals surface area contributed by atoms with Crippen LogP contribution in [0.5, 0.6) is 11.5 Å². The van der Waals surface area contributed by atoms with Crippen LogP contribution in [-0.4, -0.2) is 27.6 Å². The van der Waals surface area contributed by atoms with Crippen molar-refractivity contribution in [2.45, 2.75) is 23.6 Å². The van der Waals surface area contributed by atoms with E-state index in [1.54, 1.807) is 49.6 Å². The van der Waals surface area contributed by atoms with Gasteiger partial charge in [0, 0.05) is 23.3 Å². The van der Waals surface area contributed by atoms with Gasteiger partial charge in [-0.05, 0) is 55.3 Å². The summed E-state index contributed by atoms with van der Waals surface area (Å²) in [7, 11) is -0.744. The van der Waals surface area contributed by atoms with Gasteiger partial charge in [0.1, 0.15) is 4.90 Å². The summed E-state index contributed by atoms with van der Waals surface area (Å²) in [5, 5.41) is 3.94. The van der Waals surface area contributed by atoms with Crippen molar-refractivity contribution in [3.63, 3.8) is 0 Å². The predicted octanol–water partition coefficient (Wildman–Crippen LogP) is 5.45. The van der Waals surface area contributed by atoms with Gasteiger partial charge in [0.25, 0.3) is 0 Å². The molecular weight excluding hydrogens is 424 g/mol. The van der Waals surface area contributed by atoms with Crippen LogP contribution in [0.2, 0.25) is 0 Å². The molecule has 0 spiro atoms. The van der Waals surface area contributed by atoms with E-state index in [0.29, 0.717) is 28.1 Å². The van der Waals surface area contributed by atoms with Gasteiger partial charge < -0.3 is 14.8 Å². The molecule has 1 heterocycles. The number of ether oxygens (including phenoxy) is 2. The van der Waals surface area contributed by atoms with Crippen molar-refractivity contribution in [2.75, 3.05) is 19.5 Å². The zero-order valence-electron chi connectivity index (χ0n) is 18.3. The first-order chi connectivity index (χ1) is 15.3. The molecule has 0 unspecified atom stereocenters. The van der Waals surface area contributed by atoms with E-state index in [1.807, 2.05) is 32.0 Å². The van der Waals surface area contributed by atoms with Crippen LogP contribution in [0, 0.1) is 13.8 Å². The lowest BCUT2D eigenvalue weighted by molar-refractivity contribution is 0.356. The van der Waals surface area contributed by atoms with Crippen molar-refractivity contribution in [3.05, 3.63) is 78.0 Å².